The third-order valence-corrected chi connectivity index (χ3v) is 2.69. The molecule has 0 saturated carbocycles. The van der Waals surface area contributed by atoms with Gasteiger partial charge in [-0.15, -0.1) is 0 Å². The first-order chi connectivity index (χ1) is 8.45. The summed E-state index contributed by atoms with van der Waals surface area (Å²) in [6.45, 7) is 2.60. The number of methoxy groups -OCH3 is 1. The van der Waals surface area contributed by atoms with Gasteiger partial charge >= 0.3 is 0 Å². The number of nitrogens with two attached hydrogens (primary N) is 1. The number of anilines is 2. The number of nitrogen functional groups attached to an aromatic ring is 1. The van der Waals surface area contributed by atoms with Crippen LogP contribution in [0.1, 0.15) is 17.3 Å². The van der Waals surface area contributed by atoms with Crippen molar-refractivity contribution >= 4 is 17.3 Å². The van der Waals surface area contributed by atoms with Gasteiger partial charge in [0.05, 0.1) is 17.5 Å². The second-order valence-electron chi connectivity index (χ2n) is 4.43. The van der Waals surface area contributed by atoms with Gasteiger partial charge in [0.25, 0.3) is 5.91 Å². The van der Waals surface area contributed by atoms with Crippen LogP contribution in [0.15, 0.2) is 18.2 Å². The van der Waals surface area contributed by atoms with Crippen LogP contribution >= 0.6 is 0 Å². The van der Waals surface area contributed by atoms with E-state index >= 15 is 0 Å². The smallest absolute Gasteiger partial charge is 0.253 e. The van der Waals surface area contributed by atoms with E-state index in [1.165, 1.54) is 4.90 Å². The molecule has 1 atom stereocenters. The molecule has 1 rings (SSSR count). The summed E-state index contributed by atoms with van der Waals surface area (Å²) >= 11 is 0. The Hall–Kier alpha value is -1.75. The first-order valence-electron chi connectivity index (χ1n) is 5.83. The third kappa shape index (κ3) is 3.63. The van der Waals surface area contributed by atoms with Gasteiger partial charge in [-0.1, -0.05) is 0 Å². The van der Waals surface area contributed by atoms with E-state index in [1.807, 2.05) is 6.92 Å². The molecule has 18 heavy (non-hydrogen) atoms. The zero-order chi connectivity index (χ0) is 13.7. The average Bonchev–Trinajstić information content (AvgIpc) is 2.36. The Balaban J connectivity index is 2.84. The predicted molar refractivity (Wildman–Crippen MR) is 73.8 cm³/mol. The monoisotopic (exact) mass is 251 g/mol. The van der Waals surface area contributed by atoms with Crippen LogP contribution in [0, 0.1) is 0 Å². The van der Waals surface area contributed by atoms with Crippen LogP contribution in [0.4, 0.5) is 11.4 Å². The fourth-order valence-electron chi connectivity index (χ4n) is 1.44. The zero-order valence-electron chi connectivity index (χ0n) is 11.4. The summed E-state index contributed by atoms with van der Waals surface area (Å²) in [5, 5.41) is 3.18. The van der Waals surface area contributed by atoms with Gasteiger partial charge < -0.3 is 20.7 Å². The molecule has 0 aliphatic heterocycles. The van der Waals surface area contributed by atoms with Crippen molar-refractivity contribution in [3.8, 4) is 0 Å². The number of carbonyl (C=O) groups is 1. The molecule has 0 aliphatic carbocycles. The van der Waals surface area contributed by atoms with Crippen molar-refractivity contribution in [2.45, 2.75) is 13.0 Å². The van der Waals surface area contributed by atoms with Gasteiger partial charge in [-0.25, -0.2) is 0 Å². The SMILES string of the molecule is COC(C)CNc1cc(C(=O)N(C)C)ccc1N. The van der Waals surface area contributed by atoms with Crippen LogP contribution in [0.3, 0.4) is 0 Å². The van der Waals surface area contributed by atoms with E-state index in [2.05, 4.69) is 5.32 Å². The number of nitrogens with zero attached hydrogens (tertiary/aromatic N) is 1. The molecule has 0 aliphatic rings. The maximum atomic E-state index is 11.8. The van der Waals surface area contributed by atoms with Crippen LogP contribution in [0.2, 0.25) is 0 Å². The molecule has 0 heterocycles. The van der Waals surface area contributed by atoms with Crippen molar-refractivity contribution in [3.05, 3.63) is 23.8 Å². The number of amides is 1. The highest BCUT2D eigenvalue weighted by atomic mass is 16.5. The maximum absolute atomic E-state index is 11.8. The van der Waals surface area contributed by atoms with Gasteiger partial charge in [0.1, 0.15) is 0 Å². The highest BCUT2D eigenvalue weighted by Gasteiger charge is 2.10. The van der Waals surface area contributed by atoms with Crippen LogP contribution < -0.4 is 11.1 Å². The number of carbonyl (C=O) groups excluding carboxylic acids is 1. The fourth-order valence-corrected chi connectivity index (χ4v) is 1.44. The Bertz CT molecular complexity index is 419. The summed E-state index contributed by atoms with van der Waals surface area (Å²) in [6.07, 6.45) is 0.0811. The van der Waals surface area contributed by atoms with E-state index in [0.29, 0.717) is 17.8 Å². The molecule has 1 unspecified atom stereocenters. The zero-order valence-corrected chi connectivity index (χ0v) is 11.4. The molecule has 0 radical (unpaired) electrons. The number of nitrogens with one attached hydrogen (secondary N) is 1. The second-order valence-corrected chi connectivity index (χ2v) is 4.43. The summed E-state index contributed by atoms with van der Waals surface area (Å²) in [5.74, 6) is -0.0437. The van der Waals surface area contributed by atoms with Crippen molar-refractivity contribution in [1.82, 2.24) is 4.90 Å². The molecule has 100 valence electrons. The minimum Gasteiger partial charge on any atom is -0.397 e. The molecule has 0 aromatic heterocycles. The van der Waals surface area contributed by atoms with Crippen LogP contribution in [-0.4, -0.2) is 44.7 Å². The molecule has 0 fully saturated rings. The highest BCUT2D eigenvalue weighted by Crippen LogP contribution is 2.20. The standard InChI is InChI=1S/C13H21N3O2/c1-9(18-4)8-15-12-7-10(5-6-11(12)14)13(17)16(2)3/h5-7,9,15H,8,14H2,1-4H3. The Morgan fingerprint density at radius 1 is 1.50 bits per heavy atom. The molecule has 0 saturated heterocycles. The molecule has 5 nitrogen and oxygen atoms in total. The molecular weight excluding hydrogens is 230 g/mol. The molecule has 1 aromatic carbocycles. The lowest BCUT2D eigenvalue weighted by Crippen LogP contribution is -2.22. The van der Waals surface area contributed by atoms with E-state index in [9.17, 15) is 4.79 Å². The van der Waals surface area contributed by atoms with Crippen LogP contribution in [0.5, 0.6) is 0 Å². The van der Waals surface area contributed by atoms with E-state index in [-0.39, 0.29) is 12.0 Å². The number of hydrogen-bond donors (Lipinski definition) is 2. The summed E-state index contributed by atoms with van der Waals surface area (Å²) in [5.41, 5.74) is 7.85. The largest absolute Gasteiger partial charge is 0.397 e. The Labute approximate surface area is 108 Å². The number of benzene rings is 1. The first kappa shape index (κ1) is 14.3. The summed E-state index contributed by atoms with van der Waals surface area (Å²) < 4.78 is 5.15. The van der Waals surface area contributed by atoms with Gasteiger partial charge in [0, 0.05) is 33.3 Å². The Morgan fingerprint density at radius 3 is 2.72 bits per heavy atom. The van der Waals surface area contributed by atoms with Crippen molar-refractivity contribution in [2.75, 3.05) is 38.8 Å². The second kappa shape index (κ2) is 6.26. The Kier molecular flexibility index (Phi) is 4.97. The lowest BCUT2D eigenvalue weighted by Gasteiger charge is -2.16. The molecule has 5 heteroatoms. The van der Waals surface area contributed by atoms with E-state index < -0.39 is 0 Å². The fraction of sp³-hybridized carbons (Fsp3) is 0.462. The van der Waals surface area contributed by atoms with Gasteiger partial charge in [-0.2, -0.15) is 0 Å². The van der Waals surface area contributed by atoms with Crippen molar-refractivity contribution < 1.29 is 9.53 Å². The lowest BCUT2D eigenvalue weighted by molar-refractivity contribution is 0.0827. The van der Waals surface area contributed by atoms with Crippen molar-refractivity contribution in [3.63, 3.8) is 0 Å². The molecule has 3 N–H and O–H groups in total. The van der Waals surface area contributed by atoms with Gasteiger partial charge in [-0.3, -0.25) is 4.79 Å². The number of hydrogen-bond acceptors (Lipinski definition) is 4. The van der Waals surface area contributed by atoms with Crippen molar-refractivity contribution in [1.29, 1.82) is 0 Å². The lowest BCUT2D eigenvalue weighted by atomic mass is 10.1. The quantitative estimate of drug-likeness (QED) is 0.777. The minimum atomic E-state index is -0.0437. The molecular formula is C13H21N3O2. The van der Waals surface area contributed by atoms with E-state index in [0.717, 1.165) is 5.69 Å². The normalized spacial score (nSPS) is 12.0. The van der Waals surface area contributed by atoms with E-state index in [1.54, 1.807) is 39.4 Å². The molecule has 1 aromatic rings. The first-order valence-corrected chi connectivity index (χ1v) is 5.83. The van der Waals surface area contributed by atoms with Crippen LogP contribution in [-0.2, 0) is 4.74 Å². The minimum absolute atomic E-state index is 0.0437. The summed E-state index contributed by atoms with van der Waals surface area (Å²) in [6, 6.07) is 5.22. The predicted octanol–water partition coefficient (Wildman–Crippen LogP) is 1.42. The topological polar surface area (TPSA) is 67.6 Å². The van der Waals surface area contributed by atoms with Crippen LogP contribution in [0.25, 0.3) is 0 Å². The molecule has 0 bridgehead atoms. The summed E-state index contributed by atoms with van der Waals surface area (Å²) in [4.78, 5) is 13.4. The number of rotatable bonds is 5. The van der Waals surface area contributed by atoms with Crippen molar-refractivity contribution in [2.24, 2.45) is 0 Å². The molecule has 1 amide bonds. The highest BCUT2D eigenvalue weighted by molar-refractivity contribution is 5.95. The summed E-state index contributed by atoms with van der Waals surface area (Å²) in [7, 11) is 5.10. The van der Waals surface area contributed by atoms with Gasteiger partial charge in [0.15, 0.2) is 0 Å². The third-order valence-electron chi connectivity index (χ3n) is 2.69. The Morgan fingerprint density at radius 2 is 2.17 bits per heavy atom. The number of ether oxygens (including phenoxy) is 1. The average molecular weight is 251 g/mol. The molecule has 0 spiro atoms. The maximum Gasteiger partial charge on any atom is 0.253 e. The van der Waals surface area contributed by atoms with E-state index in [4.69, 9.17) is 10.5 Å². The van der Waals surface area contributed by atoms with Gasteiger partial charge in [-0.05, 0) is 25.1 Å². The van der Waals surface area contributed by atoms with Gasteiger partial charge in [0.2, 0.25) is 0 Å².